The predicted molar refractivity (Wildman–Crippen MR) is 110 cm³/mol. The molecule has 1 aromatic carbocycles. The molecule has 0 radical (unpaired) electrons. The number of morpholine rings is 1. The van der Waals surface area contributed by atoms with Crippen molar-refractivity contribution < 1.29 is 14.1 Å². The molecule has 0 atom stereocenters. The molecule has 5 rings (SSSR count). The first kappa shape index (κ1) is 19.0. The van der Waals surface area contributed by atoms with Crippen LogP contribution in [0.1, 0.15) is 21.6 Å². The van der Waals surface area contributed by atoms with Crippen molar-refractivity contribution in [2.24, 2.45) is 0 Å². The third-order valence-corrected chi connectivity index (χ3v) is 5.70. The molecule has 3 aromatic rings. The largest absolute Gasteiger partial charge is 0.378 e. The third-order valence-electron chi connectivity index (χ3n) is 5.70. The molecule has 9 heteroatoms. The highest BCUT2D eigenvalue weighted by atomic mass is 16.5. The molecule has 156 valence electrons. The van der Waals surface area contributed by atoms with E-state index in [4.69, 9.17) is 9.26 Å². The molecule has 0 bridgehead atoms. The van der Waals surface area contributed by atoms with E-state index in [9.17, 15) is 4.79 Å². The van der Waals surface area contributed by atoms with E-state index in [1.54, 1.807) is 0 Å². The van der Waals surface area contributed by atoms with Gasteiger partial charge in [0.1, 0.15) is 17.5 Å². The lowest BCUT2D eigenvalue weighted by Gasteiger charge is -2.28. The fourth-order valence-corrected chi connectivity index (χ4v) is 4.10. The van der Waals surface area contributed by atoms with Crippen LogP contribution in [0.25, 0.3) is 11.1 Å². The molecule has 0 aliphatic carbocycles. The number of aromatic nitrogens is 3. The third kappa shape index (κ3) is 3.73. The molecule has 2 aliphatic heterocycles. The molecule has 0 unspecified atom stereocenters. The van der Waals surface area contributed by atoms with E-state index in [2.05, 4.69) is 54.5 Å². The standard InChI is InChI=1S/C21H24N6O3/c28-20(22-6-8-26-7-5-15-3-1-2-4-16(15)13-26)18-17-19(27-9-11-29-12-10-27)23-14-24-21(17)30-25-18/h1-4,14H,5-13H2,(H,22,28). The number of rotatable bonds is 5. The second-order valence-electron chi connectivity index (χ2n) is 7.56. The summed E-state index contributed by atoms with van der Waals surface area (Å²) >= 11 is 0. The van der Waals surface area contributed by atoms with Gasteiger partial charge in [0.05, 0.1) is 13.2 Å². The first-order valence-electron chi connectivity index (χ1n) is 10.3. The van der Waals surface area contributed by atoms with E-state index >= 15 is 0 Å². The number of anilines is 1. The van der Waals surface area contributed by atoms with Gasteiger partial charge in [0, 0.05) is 39.3 Å². The molecular weight excluding hydrogens is 384 g/mol. The summed E-state index contributed by atoms with van der Waals surface area (Å²) in [6.07, 6.45) is 2.48. The first-order valence-corrected chi connectivity index (χ1v) is 10.3. The topological polar surface area (TPSA) is 96.6 Å². The molecular formula is C21H24N6O3. The Kier molecular flexibility index (Phi) is 5.29. The van der Waals surface area contributed by atoms with Gasteiger partial charge in [-0.1, -0.05) is 29.4 Å². The van der Waals surface area contributed by atoms with E-state index in [0.29, 0.717) is 49.8 Å². The first-order chi connectivity index (χ1) is 14.8. The highest BCUT2D eigenvalue weighted by Crippen LogP contribution is 2.27. The van der Waals surface area contributed by atoms with Crippen LogP contribution in [-0.2, 0) is 17.7 Å². The highest BCUT2D eigenvalue weighted by molar-refractivity contribution is 6.07. The van der Waals surface area contributed by atoms with Crippen molar-refractivity contribution in [3.8, 4) is 0 Å². The lowest BCUT2D eigenvalue weighted by molar-refractivity contribution is 0.0940. The number of nitrogens with one attached hydrogen (secondary N) is 1. The van der Waals surface area contributed by atoms with Crippen molar-refractivity contribution in [3.63, 3.8) is 0 Å². The summed E-state index contributed by atoms with van der Waals surface area (Å²) in [5.41, 5.74) is 3.34. The Bertz CT molecular complexity index is 1050. The molecule has 2 aromatic heterocycles. The number of hydrogen-bond donors (Lipinski definition) is 1. The van der Waals surface area contributed by atoms with Crippen molar-refractivity contribution in [1.29, 1.82) is 0 Å². The van der Waals surface area contributed by atoms with Crippen molar-refractivity contribution in [2.75, 3.05) is 50.8 Å². The Morgan fingerprint density at radius 1 is 1.10 bits per heavy atom. The van der Waals surface area contributed by atoms with Crippen LogP contribution in [0.3, 0.4) is 0 Å². The fraction of sp³-hybridized carbons (Fsp3) is 0.429. The SMILES string of the molecule is O=C(NCCN1CCc2ccccc2C1)c1noc2ncnc(N3CCOCC3)c12. The number of carbonyl (C=O) groups excluding carboxylic acids is 1. The molecule has 1 fully saturated rings. The maximum Gasteiger partial charge on any atom is 0.274 e. The van der Waals surface area contributed by atoms with Gasteiger partial charge in [-0.15, -0.1) is 0 Å². The molecule has 2 aliphatic rings. The summed E-state index contributed by atoms with van der Waals surface area (Å²) in [5.74, 6) is 0.401. The van der Waals surface area contributed by atoms with Crippen molar-refractivity contribution >= 4 is 22.8 Å². The Balaban J connectivity index is 1.25. The van der Waals surface area contributed by atoms with Crippen LogP contribution in [0, 0.1) is 0 Å². The van der Waals surface area contributed by atoms with Crippen molar-refractivity contribution in [2.45, 2.75) is 13.0 Å². The molecule has 4 heterocycles. The smallest absolute Gasteiger partial charge is 0.274 e. The maximum absolute atomic E-state index is 12.8. The zero-order valence-electron chi connectivity index (χ0n) is 16.7. The lowest BCUT2D eigenvalue weighted by atomic mass is 10.00. The number of carbonyl (C=O) groups is 1. The summed E-state index contributed by atoms with van der Waals surface area (Å²) in [7, 11) is 0. The summed E-state index contributed by atoms with van der Waals surface area (Å²) in [5, 5.41) is 7.52. The van der Waals surface area contributed by atoms with Crippen LogP contribution in [0.5, 0.6) is 0 Å². The zero-order valence-corrected chi connectivity index (χ0v) is 16.7. The van der Waals surface area contributed by atoms with E-state index in [0.717, 1.165) is 26.1 Å². The number of benzene rings is 1. The van der Waals surface area contributed by atoms with Gasteiger partial charge in [0.15, 0.2) is 5.69 Å². The molecule has 1 saturated heterocycles. The van der Waals surface area contributed by atoms with Crippen LogP contribution in [-0.4, -0.2) is 71.9 Å². The number of ether oxygens (including phenoxy) is 1. The quantitative estimate of drug-likeness (QED) is 0.674. The summed E-state index contributed by atoms with van der Waals surface area (Å²) in [6.45, 7) is 5.87. The van der Waals surface area contributed by atoms with Crippen LogP contribution in [0.4, 0.5) is 5.82 Å². The second kappa shape index (κ2) is 8.37. The zero-order chi connectivity index (χ0) is 20.3. The highest BCUT2D eigenvalue weighted by Gasteiger charge is 2.25. The van der Waals surface area contributed by atoms with Crippen LogP contribution < -0.4 is 10.2 Å². The minimum atomic E-state index is -0.268. The van der Waals surface area contributed by atoms with E-state index in [-0.39, 0.29) is 11.6 Å². The molecule has 30 heavy (non-hydrogen) atoms. The summed E-state index contributed by atoms with van der Waals surface area (Å²) < 4.78 is 10.7. The number of hydrogen-bond acceptors (Lipinski definition) is 8. The second-order valence-corrected chi connectivity index (χ2v) is 7.56. The van der Waals surface area contributed by atoms with Gasteiger partial charge >= 0.3 is 0 Å². The van der Waals surface area contributed by atoms with E-state index < -0.39 is 0 Å². The van der Waals surface area contributed by atoms with Gasteiger partial charge in [-0.05, 0) is 17.5 Å². The van der Waals surface area contributed by atoms with E-state index in [1.807, 2.05) is 0 Å². The van der Waals surface area contributed by atoms with Crippen molar-refractivity contribution in [3.05, 3.63) is 47.4 Å². The van der Waals surface area contributed by atoms with Crippen molar-refractivity contribution in [1.82, 2.24) is 25.3 Å². The van der Waals surface area contributed by atoms with Crippen LogP contribution >= 0.6 is 0 Å². The number of nitrogens with zero attached hydrogens (tertiary/aromatic N) is 5. The average molecular weight is 408 g/mol. The van der Waals surface area contributed by atoms with Gasteiger partial charge in [0.25, 0.3) is 11.6 Å². The van der Waals surface area contributed by atoms with E-state index in [1.165, 1.54) is 17.5 Å². The van der Waals surface area contributed by atoms with Gasteiger partial charge < -0.3 is 19.5 Å². The molecule has 0 spiro atoms. The molecule has 1 N–H and O–H groups in total. The Labute approximate surface area is 174 Å². The van der Waals surface area contributed by atoms with Gasteiger partial charge in [-0.3, -0.25) is 9.69 Å². The Morgan fingerprint density at radius 3 is 2.80 bits per heavy atom. The minimum Gasteiger partial charge on any atom is -0.378 e. The fourth-order valence-electron chi connectivity index (χ4n) is 4.10. The average Bonchev–Trinajstić information content (AvgIpc) is 3.24. The monoisotopic (exact) mass is 408 g/mol. The summed E-state index contributed by atoms with van der Waals surface area (Å²) in [6, 6.07) is 8.53. The Morgan fingerprint density at radius 2 is 1.93 bits per heavy atom. The number of fused-ring (bicyclic) bond motifs is 2. The minimum absolute atomic E-state index is 0.232. The molecule has 9 nitrogen and oxygen atoms in total. The number of amides is 1. The predicted octanol–water partition coefficient (Wildman–Crippen LogP) is 1.24. The van der Waals surface area contributed by atoms with Gasteiger partial charge in [-0.25, -0.2) is 4.98 Å². The van der Waals surface area contributed by atoms with Crippen LogP contribution in [0.2, 0.25) is 0 Å². The van der Waals surface area contributed by atoms with Crippen LogP contribution in [0.15, 0.2) is 35.1 Å². The summed E-state index contributed by atoms with van der Waals surface area (Å²) in [4.78, 5) is 25.8. The normalized spacial score (nSPS) is 17.1. The molecule has 0 saturated carbocycles. The van der Waals surface area contributed by atoms with Gasteiger partial charge in [0.2, 0.25) is 0 Å². The molecule has 1 amide bonds. The lowest BCUT2D eigenvalue weighted by Crippen LogP contribution is -2.38. The maximum atomic E-state index is 12.8. The Hall–Kier alpha value is -3.04. The van der Waals surface area contributed by atoms with Gasteiger partial charge in [-0.2, -0.15) is 4.98 Å².